The predicted octanol–water partition coefficient (Wildman–Crippen LogP) is 3.92. The molecule has 9 heteroatoms. The first-order valence-corrected chi connectivity index (χ1v) is 8.64. The number of rotatable bonds is 6. The molecule has 2 aromatic carbocycles. The van der Waals surface area contributed by atoms with Gasteiger partial charge in [-0.15, -0.1) is 0 Å². The highest BCUT2D eigenvalue weighted by atomic mass is 35.5. The fourth-order valence-electron chi connectivity index (χ4n) is 2.12. The Balaban J connectivity index is 1.50. The van der Waals surface area contributed by atoms with Gasteiger partial charge in [-0.3, -0.25) is 4.79 Å². The highest BCUT2D eigenvalue weighted by Crippen LogP contribution is 2.33. The van der Waals surface area contributed by atoms with Crippen LogP contribution in [0.1, 0.15) is 5.56 Å². The molecule has 6 nitrogen and oxygen atoms in total. The smallest absolute Gasteiger partial charge is 0.258 e. The summed E-state index contributed by atoms with van der Waals surface area (Å²) >= 11 is 17.8. The van der Waals surface area contributed by atoms with Gasteiger partial charge < -0.3 is 10.1 Å². The lowest BCUT2D eigenvalue weighted by Crippen LogP contribution is -2.28. The normalized spacial score (nSPS) is 10.6. The largest absolute Gasteiger partial charge is 0.482 e. The molecule has 0 atom stereocenters. The van der Waals surface area contributed by atoms with Crippen LogP contribution in [0.15, 0.2) is 49.1 Å². The third-order valence-corrected chi connectivity index (χ3v) is 4.46. The van der Waals surface area contributed by atoms with E-state index in [1.54, 1.807) is 11.0 Å². The van der Waals surface area contributed by atoms with Gasteiger partial charge in [0.05, 0.1) is 20.8 Å². The Kier molecular flexibility index (Phi) is 5.98. The van der Waals surface area contributed by atoms with Crippen molar-refractivity contribution in [2.75, 3.05) is 6.61 Å². The van der Waals surface area contributed by atoms with E-state index in [2.05, 4.69) is 15.4 Å². The molecular weight excluding hydrogens is 399 g/mol. The van der Waals surface area contributed by atoms with Gasteiger partial charge in [-0.05, 0) is 23.8 Å². The van der Waals surface area contributed by atoms with Crippen molar-refractivity contribution in [2.24, 2.45) is 0 Å². The van der Waals surface area contributed by atoms with Crippen LogP contribution in [0.25, 0.3) is 5.69 Å². The van der Waals surface area contributed by atoms with Crippen LogP contribution in [-0.4, -0.2) is 27.3 Å². The first-order valence-electron chi connectivity index (χ1n) is 7.51. The van der Waals surface area contributed by atoms with Gasteiger partial charge in [0.25, 0.3) is 5.91 Å². The summed E-state index contributed by atoms with van der Waals surface area (Å²) in [5.41, 5.74) is 1.82. The lowest BCUT2D eigenvalue weighted by Gasteiger charge is -2.10. The SMILES string of the molecule is O=C(COc1cc(Cl)c(Cl)cc1Cl)NCc1ccc(-n2cncn2)cc1. The van der Waals surface area contributed by atoms with E-state index >= 15 is 0 Å². The monoisotopic (exact) mass is 410 g/mol. The van der Waals surface area contributed by atoms with Crippen molar-refractivity contribution in [3.8, 4) is 11.4 Å². The van der Waals surface area contributed by atoms with Crippen molar-refractivity contribution in [3.05, 3.63) is 69.7 Å². The average Bonchev–Trinajstić information content (AvgIpc) is 3.17. The number of amides is 1. The first-order chi connectivity index (χ1) is 12.5. The number of hydrogen-bond acceptors (Lipinski definition) is 4. The Morgan fingerprint density at radius 3 is 2.50 bits per heavy atom. The summed E-state index contributed by atoms with van der Waals surface area (Å²) in [7, 11) is 0. The Morgan fingerprint density at radius 1 is 1.08 bits per heavy atom. The van der Waals surface area contributed by atoms with Crippen molar-refractivity contribution in [3.63, 3.8) is 0 Å². The van der Waals surface area contributed by atoms with E-state index in [4.69, 9.17) is 39.5 Å². The number of ether oxygens (including phenoxy) is 1. The second-order valence-corrected chi connectivity index (χ2v) is 6.49. The number of carbonyl (C=O) groups excluding carboxylic acids is 1. The summed E-state index contributed by atoms with van der Waals surface area (Å²) < 4.78 is 7.04. The van der Waals surface area contributed by atoms with Crippen LogP contribution >= 0.6 is 34.8 Å². The van der Waals surface area contributed by atoms with E-state index in [0.29, 0.717) is 22.3 Å². The molecule has 0 radical (unpaired) electrons. The molecule has 0 aliphatic rings. The zero-order chi connectivity index (χ0) is 18.5. The third kappa shape index (κ3) is 4.66. The molecule has 1 heterocycles. The first kappa shape index (κ1) is 18.5. The second kappa shape index (κ2) is 8.40. The number of aromatic nitrogens is 3. The van der Waals surface area contributed by atoms with E-state index in [1.165, 1.54) is 18.5 Å². The molecule has 1 aromatic heterocycles. The zero-order valence-corrected chi connectivity index (χ0v) is 15.6. The standard InChI is InChI=1S/C17H13Cl3N4O2/c18-13-5-15(20)16(6-14(13)19)26-8-17(25)22-7-11-1-3-12(4-2-11)24-10-21-9-23-24/h1-6,9-10H,7-8H2,(H,22,25). The van der Waals surface area contributed by atoms with E-state index in [-0.39, 0.29) is 17.5 Å². The van der Waals surface area contributed by atoms with Gasteiger partial charge in [-0.25, -0.2) is 9.67 Å². The molecule has 0 fully saturated rings. The molecule has 1 N–H and O–H groups in total. The van der Waals surface area contributed by atoms with Crippen LogP contribution < -0.4 is 10.1 Å². The highest BCUT2D eigenvalue weighted by molar-refractivity contribution is 6.43. The summed E-state index contributed by atoms with van der Waals surface area (Å²) in [6.45, 7) is 0.184. The molecule has 1 amide bonds. The molecule has 0 aliphatic carbocycles. The second-order valence-electron chi connectivity index (χ2n) is 5.27. The number of halogens is 3. The lowest BCUT2D eigenvalue weighted by molar-refractivity contribution is -0.123. The van der Waals surface area contributed by atoms with Crippen molar-refractivity contribution >= 4 is 40.7 Å². The molecule has 3 aromatic rings. The number of hydrogen-bond donors (Lipinski definition) is 1. The van der Waals surface area contributed by atoms with Crippen molar-refractivity contribution in [2.45, 2.75) is 6.54 Å². The number of nitrogens with one attached hydrogen (secondary N) is 1. The quantitative estimate of drug-likeness (QED) is 0.624. The van der Waals surface area contributed by atoms with Gasteiger partial charge in [0, 0.05) is 12.6 Å². The van der Waals surface area contributed by atoms with Crippen LogP contribution in [0.4, 0.5) is 0 Å². The summed E-state index contributed by atoms with van der Waals surface area (Å²) in [4.78, 5) is 15.8. The summed E-state index contributed by atoms with van der Waals surface area (Å²) in [6, 6.07) is 10.5. The minimum absolute atomic E-state index is 0.186. The molecule has 0 aliphatic heterocycles. The van der Waals surface area contributed by atoms with E-state index in [0.717, 1.165) is 11.3 Å². The number of nitrogens with zero attached hydrogens (tertiary/aromatic N) is 3. The molecule has 0 saturated carbocycles. The van der Waals surface area contributed by atoms with Crippen LogP contribution in [0, 0.1) is 0 Å². The third-order valence-electron chi connectivity index (χ3n) is 3.44. The molecule has 0 unspecified atom stereocenters. The van der Waals surface area contributed by atoms with Crippen LogP contribution in [0.5, 0.6) is 5.75 Å². The molecule has 0 saturated heterocycles. The summed E-state index contributed by atoms with van der Waals surface area (Å²) in [6.07, 6.45) is 3.08. The maximum Gasteiger partial charge on any atom is 0.258 e. The van der Waals surface area contributed by atoms with Gasteiger partial charge >= 0.3 is 0 Å². The Morgan fingerprint density at radius 2 is 1.81 bits per heavy atom. The molecule has 3 rings (SSSR count). The van der Waals surface area contributed by atoms with Crippen LogP contribution in [-0.2, 0) is 11.3 Å². The average molecular weight is 412 g/mol. The van der Waals surface area contributed by atoms with Gasteiger partial charge in [-0.1, -0.05) is 46.9 Å². The molecule has 0 bridgehead atoms. The maximum atomic E-state index is 11.9. The van der Waals surface area contributed by atoms with Gasteiger partial charge in [0.15, 0.2) is 6.61 Å². The fourth-order valence-corrected chi connectivity index (χ4v) is 2.71. The highest BCUT2D eigenvalue weighted by Gasteiger charge is 2.09. The molecule has 134 valence electrons. The Labute approximate surface area is 164 Å². The minimum atomic E-state index is -0.285. The van der Waals surface area contributed by atoms with Crippen molar-refractivity contribution in [1.82, 2.24) is 20.1 Å². The van der Waals surface area contributed by atoms with E-state index < -0.39 is 0 Å². The Hall–Kier alpha value is -2.28. The summed E-state index contributed by atoms with van der Waals surface area (Å²) in [5.74, 6) is 0.0147. The van der Waals surface area contributed by atoms with E-state index in [1.807, 2.05) is 24.3 Å². The van der Waals surface area contributed by atoms with Crippen LogP contribution in [0.3, 0.4) is 0 Å². The van der Waals surface area contributed by atoms with Crippen molar-refractivity contribution in [1.29, 1.82) is 0 Å². The number of benzene rings is 2. The topological polar surface area (TPSA) is 69.0 Å². The minimum Gasteiger partial charge on any atom is -0.482 e. The number of carbonyl (C=O) groups is 1. The fraction of sp³-hybridized carbons (Fsp3) is 0.118. The molecule has 0 spiro atoms. The van der Waals surface area contributed by atoms with E-state index in [9.17, 15) is 4.79 Å². The summed E-state index contributed by atoms with van der Waals surface area (Å²) in [5, 5.41) is 7.74. The van der Waals surface area contributed by atoms with Gasteiger partial charge in [-0.2, -0.15) is 5.10 Å². The zero-order valence-electron chi connectivity index (χ0n) is 13.3. The lowest BCUT2D eigenvalue weighted by atomic mass is 10.2. The van der Waals surface area contributed by atoms with Crippen molar-refractivity contribution < 1.29 is 9.53 Å². The van der Waals surface area contributed by atoms with Gasteiger partial charge in [0.2, 0.25) is 0 Å². The Bertz CT molecular complexity index is 899. The predicted molar refractivity (Wildman–Crippen MR) is 100 cm³/mol. The molecule has 26 heavy (non-hydrogen) atoms. The van der Waals surface area contributed by atoms with Gasteiger partial charge in [0.1, 0.15) is 18.4 Å². The maximum absolute atomic E-state index is 11.9. The van der Waals surface area contributed by atoms with Crippen LogP contribution in [0.2, 0.25) is 15.1 Å². The molecular formula is C17H13Cl3N4O2.